The minimum absolute atomic E-state index is 0.0273. The van der Waals surface area contributed by atoms with E-state index in [1.54, 1.807) is 4.90 Å². The summed E-state index contributed by atoms with van der Waals surface area (Å²) in [4.78, 5) is 13.9. The van der Waals surface area contributed by atoms with Gasteiger partial charge in [-0.1, -0.05) is 19.1 Å². The molecule has 1 aromatic carbocycles. The van der Waals surface area contributed by atoms with Crippen molar-refractivity contribution < 1.29 is 14.6 Å². The molecule has 1 amide bonds. The lowest BCUT2D eigenvalue weighted by molar-refractivity contribution is -0.139. The van der Waals surface area contributed by atoms with E-state index in [1.165, 1.54) is 0 Å². The van der Waals surface area contributed by atoms with Crippen LogP contribution in [0.25, 0.3) is 0 Å². The highest BCUT2D eigenvalue weighted by molar-refractivity contribution is 5.81. The average molecular weight is 265 g/mol. The van der Waals surface area contributed by atoms with Crippen molar-refractivity contribution in [1.82, 2.24) is 4.90 Å². The Labute approximate surface area is 115 Å². The second-order valence-corrected chi connectivity index (χ2v) is 4.47. The summed E-state index contributed by atoms with van der Waals surface area (Å²) in [5.41, 5.74) is 1.10. The van der Waals surface area contributed by atoms with E-state index in [4.69, 9.17) is 9.84 Å². The van der Waals surface area contributed by atoms with Gasteiger partial charge in [0.25, 0.3) is 5.91 Å². The number of amides is 1. The van der Waals surface area contributed by atoms with E-state index in [0.29, 0.717) is 25.3 Å². The fraction of sp³-hybridized carbons (Fsp3) is 0.533. The van der Waals surface area contributed by atoms with E-state index in [-0.39, 0.29) is 12.5 Å². The van der Waals surface area contributed by atoms with E-state index in [1.807, 2.05) is 45.0 Å². The molecule has 0 saturated heterocycles. The Bertz CT molecular complexity index is 406. The maximum atomic E-state index is 12.3. The second-order valence-electron chi connectivity index (χ2n) is 4.47. The quantitative estimate of drug-likeness (QED) is 0.820. The van der Waals surface area contributed by atoms with Gasteiger partial charge in [-0.25, -0.2) is 0 Å². The van der Waals surface area contributed by atoms with Crippen molar-refractivity contribution in [3.8, 4) is 5.75 Å². The van der Waals surface area contributed by atoms with Crippen molar-refractivity contribution in [2.45, 2.75) is 33.3 Å². The molecule has 4 nitrogen and oxygen atoms in total. The molecule has 1 aromatic rings. The van der Waals surface area contributed by atoms with Crippen molar-refractivity contribution in [2.75, 3.05) is 19.7 Å². The average Bonchev–Trinajstić information content (AvgIpc) is 2.41. The molecular weight excluding hydrogens is 242 g/mol. The number of hydrogen-bond donors (Lipinski definition) is 1. The maximum absolute atomic E-state index is 12.3. The molecule has 0 spiro atoms. The number of aliphatic hydroxyl groups excluding tert-OH is 1. The molecule has 1 unspecified atom stereocenters. The molecule has 1 atom stereocenters. The maximum Gasteiger partial charge on any atom is 0.263 e. The fourth-order valence-electron chi connectivity index (χ4n) is 1.91. The van der Waals surface area contributed by atoms with E-state index < -0.39 is 6.10 Å². The molecule has 4 heteroatoms. The molecule has 0 radical (unpaired) electrons. The van der Waals surface area contributed by atoms with Crippen molar-refractivity contribution in [3.63, 3.8) is 0 Å². The summed E-state index contributed by atoms with van der Waals surface area (Å²) >= 11 is 0. The summed E-state index contributed by atoms with van der Waals surface area (Å²) in [6.45, 7) is 6.70. The van der Waals surface area contributed by atoms with Gasteiger partial charge in [-0.15, -0.1) is 0 Å². The minimum Gasteiger partial charge on any atom is -0.481 e. The third-order valence-corrected chi connectivity index (χ3v) is 2.98. The number of aliphatic hydroxyl groups is 1. The summed E-state index contributed by atoms with van der Waals surface area (Å²) in [6, 6.07) is 7.66. The Kier molecular flexibility index (Phi) is 6.36. The Morgan fingerprint density at radius 2 is 2.16 bits per heavy atom. The van der Waals surface area contributed by atoms with Crippen LogP contribution >= 0.6 is 0 Å². The third kappa shape index (κ3) is 4.56. The Morgan fingerprint density at radius 3 is 2.68 bits per heavy atom. The van der Waals surface area contributed by atoms with E-state index in [9.17, 15) is 4.79 Å². The van der Waals surface area contributed by atoms with Gasteiger partial charge < -0.3 is 14.7 Å². The lowest BCUT2D eigenvalue weighted by Crippen LogP contribution is -2.43. The van der Waals surface area contributed by atoms with E-state index in [0.717, 1.165) is 5.56 Å². The molecule has 0 heterocycles. The first-order chi connectivity index (χ1) is 9.12. The monoisotopic (exact) mass is 265 g/mol. The number of rotatable bonds is 7. The van der Waals surface area contributed by atoms with Gasteiger partial charge in [0, 0.05) is 13.1 Å². The van der Waals surface area contributed by atoms with Crippen LogP contribution in [0.3, 0.4) is 0 Å². The number of carbonyl (C=O) groups excluding carboxylic acids is 1. The highest BCUT2D eigenvalue weighted by Crippen LogP contribution is 2.16. The largest absolute Gasteiger partial charge is 0.481 e. The van der Waals surface area contributed by atoms with Crippen molar-refractivity contribution in [2.24, 2.45) is 0 Å². The van der Waals surface area contributed by atoms with Crippen molar-refractivity contribution >= 4 is 5.91 Å². The molecule has 0 fully saturated rings. The summed E-state index contributed by atoms with van der Waals surface area (Å²) in [6.07, 6.45) is 0.114. The number of likely N-dealkylation sites (N-methyl/N-ethyl adjacent to an activating group) is 1. The van der Waals surface area contributed by atoms with Crippen LogP contribution in [0, 0.1) is 6.92 Å². The topological polar surface area (TPSA) is 49.8 Å². The van der Waals surface area contributed by atoms with Crippen LogP contribution in [-0.4, -0.2) is 41.7 Å². The second kappa shape index (κ2) is 7.79. The molecule has 0 aliphatic heterocycles. The third-order valence-electron chi connectivity index (χ3n) is 2.98. The van der Waals surface area contributed by atoms with Crippen LogP contribution in [0.15, 0.2) is 24.3 Å². The molecule has 19 heavy (non-hydrogen) atoms. The Morgan fingerprint density at radius 1 is 1.42 bits per heavy atom. The van der Waals surface area contributed by atoms with Gasteiger partial charge in [0.05, 0.1) is 6.61 Å². The molecule has 1 N–H and O–H groups in total. The summed E-state index contributed by atoms with van der Waals surface area (Å²) < 4.78 is 5.76. The molecule has 0 aliphatic carbocycles. The standard InChI is InChI=1S/C15H23NO3/c1-4-14(15(18)16(5-2)9-10-17)19-13-8-6-7-12(3)11-13/h6-8,11,14,17H,4-5,9-10H2,1-3H3. The molecular formula is C15H23NO3. The zero-order chi connectivity index (χ0) is 14.3. The van der Waals surface area contributed by atoms with Crippen molar-refractivity contribution in [1.29, 1.82) is 0 Å². The summed E-state index contributed by atoms with van der Waals surface area (Å²) in [5.74, 6) is 0.640. The number of aryl methyl sites for hydroxylation is 1. The number of carbonyl (C=O) groups is 1. The minimum atomic E-state index is -0.492. The van der Waals surface area contributed by atoms with Gasteiger partial charge in [0.2, 0.25) is 0 Å². The first kappa shape index (κ1) is 15.5. The van der Waals surface area contributed by atoms with Gasteiger partial charge in [0.15, 0.2) is 6.10 Å². The van der Waals surface area contributed by atoms with Crippen LogP contribution in [0.5, 0.6) is 5.75 Å². The number of benzene rings is 1. The molecule has 0 aliphatic rings. The fourth-order valence-corrected chi connectivity index (χ4v) is 1.91. The Balaban J connectivity index is 2.74. The predicted molar refractivity (Wildman–Crippen MR) is 75.2 cm³/mol. The molecule has 0 bridgehead atoms. The van der Waals surface area contributed by atoms with E-state index >= 15 is 0 Å². The van der Waals surface area contributed by atoms with Crippen LogP contribution in [-0.2, 0) is 4.79 Å². The van der Waals surface area contributed by atoms with E-state index in [2.05, 4.69) is 0 Å². The Hall–Kier alpha value is -1.55. The van der Waals surface area contributed by atoms with Crippen LogP contribution in [0.2, 0.25) is 0 Å². The van der Waals surface area contributed by atoms with Crippen LogP contribution in [0.4, 0.5) is 0 Å². The zero-order valence-corrected chi connectivity index (χ0v) is 11.9. The molecule has 0 saturated carbocycles. The molecule has 1 rings (SSSR count). The normalized spacial score (nSPS) is 12.0. The first-order valence-electron chi connectivity index (χ1n) is 6.75. The van der Waals surface area contributed by atoms with Crippen LogP contribution < -0.4 is 4.74 Å². The highest BCUT2D eigenvalue weighted by Gasteiger charge is 2.23. The number of nitrogens with zero attached hydrogens (tertiary/aromatic N) is 1. The molecule has 0 aromatic heterocycles. The predicted octanol–water partition coefficient (Wildman–Crippen LogP) is 1.99. The lowest BCUT2D eigenvalue weighted by Gasteiger charge is -2.25. The smallest absolute Gasteiger partial charge is 0.263 e. The van der Waals surface area contributed by atoms with Gasteiger partial charge in [-0.2, -0.15) is 0 Å². The first-order valence-corrected chi connectivity index (χ1v) is 6.75. The zero-order valence-electron chi connectivity index (χ0n) is 11.9. The van der Waals surface area contributed by atoms with Gasteiger partial charge in [-0.3, -0.25) is 4.79 Å². The molecule has 106 valence electrons. The number of hydrogen-bond acceptors (Lipinski definition) is 3. The van der Waals surface area contributed by atoms with Crippen LogP contribution in [0.1, 0.15) is 25.8 Å². The highest BCUT2D eigenvalue weighted by atomic mass is 16.5. The van der Waals surface area contributed by atoms with Gasteiger partial charge in [0.1, 0.15) is 5.75 Å². The lowest BCUT2D eigenvalue weighted by atomic mass is 10.2. The number of ether oxygens (including phenoxy) is 1. The van der Waals surface area contributed by atoms with Gasteiger partial charge in [-0.05, 0) is 38.0 Å². The van der Waals surface area contributed by atoms with Crippen molar-refractivity contribution in [3.05, 3.63) is 29.8 Å². The summed E-state index contributed by atoms with van der Waals surface area (Å²) in [7, 11) is 0. The summed E-state index contributed by atoms with van der Waals surface area (Å²) in [5, 5.41) is 8.96. The SMILES string of the molecule is CCC(Oc1cccc(C)c1)C(=O)N(CC)CCO. The van der Waals surface area contributed by atoms with Gasteiger partial charge >= 0.3 is 0 Å².